The van der Waals surface area contributed by atoms with E-state index in [1.807, 2.05) is 24.3 Å². The number of anilines is 1. The van der Waals surface area contributed by atoms with Crippen LogP contribution >= 0.6 is 11.6 Å². The molecule has 24 heavy (non-hydrogen) atoms. The molecule has 0 bridgehead atoms. The molecule has 1 heterocycles. The zero-order valence-electron chi connectivity index (χ0n) is 13.3. The van der Waals surface area contributed by atoms with Gasteiger partial charge in [0, 0.05) is 17.5 Å². The number of nitrogens with zero attached hydrogens (tertiary/aromatic N) is 1. The lowest BCUT2D eigenvalue weighted by Gasteiger charge is -2.31. The number of rotatable bonds is 4. The first-order valence-electron chi connectivity index (χ1n) is 8.14. The second-order valence-corrected chi connectivity index (χ2v) is 6.52. The number of likely N-dealkylation sites (tertiary alicyclic amines) is 1. The van der Waals surface area contributed by atoms with Crippen molar-refractivity contribution in [2.75, 3.05) is 18.4 Å². The van der Waals surface area contributed by atoms with E-state index >= 15 is 0 Å². The van der Waals surface area contributed by atoms with Gasteiger partial charge >= 0.3 is 0 Å². The first kappa shape index (κ1) is 16.9. The van der Waals surface area contributed by atoms with Gasteiger partial charge in [0.05, 0.1) is 5.69 Å². The number of hydrogen-bond donors (Lipinski definition) is 1. The molecule has 1 aliphatic heterocycles. The van der Waals surface area contributed by atoms with Gasteiger partial charge in [-0.15, -0.1) is 0 Å². The van der Waals surface area contributed by atoms with Gasteiger partial charge in [-0.25, -0.2) is 4.39 Å². The number of benzene rings is 2. The number of para-hydroxylation sites is 1. The standard InChI is InChI=1S/C19H20ClFN2O/c20-16-6-2-1-5-15(16)13-23-11-9-14(10-12-23)19(24)22-18-8-4-3-7-17(18)21/h1-8,14H,9-13H2,(H,22,24). The molecule has 0 atom stereocenters. The Morgan fingerprint density at radius 1 is 1.12 bits per heavy atom. The lowest BCUT2D eigenvalue weighted by atomic mass is 9.95. The first-order chi connectivity index (χ1) is 11.6. The molecular formula is C19H20ClFN2O. The summed E-state index contributed by atoms with van der Waals surface area (Å²) in [5, 5.41) is 3.47. The van der Waals surface area contributed by atoms with Crippen LogP contribution in [0.15, 0.2) is 48.5 Å². The second kappa shape index (κ2) is 7.77. The summed E-state index contributed by atoms with van der Waals surface area (Å²) >= 11 is 6.20. The molecule has 0 aromatic heterocycles. The van der Waals surface area contributed by atoms with Gasteiger partial charge in [0.15, 0.2) is 0 Å². The summed E-state index contributed by atoms with van der Waals surface area (Å²) in [7, 11) is 0. The number of carbonyl (C=O) groups excluding carboxylic acids is 1. The quantitative estimate of drug-likeness (QED) is 0.893. The molecule has 3 rings (SSSR count). The van der Waals surface area contributed by atoms with E-state index < -0.39 is 5.82 Å². The van der Waals surface area contributed by atoms with E-state index in [-0.39, 0.29) is 17.5 Å². The van der Waals surface area contributed by atoms with Gasteiger partial charge in [0.25, 0.3) is 0 Å². The van der Waals surface area contributed by atoms with E-state index in [1.165, 1.54) is 6.07 Å². The van der Waals surface area contributed by atoms with Crippen LogP contribution in [0.2, 0.25) is 5.02 Å². The average molecular weight is 347 g/mol. The Bertz CT molecular complexity index is 714. The molecule has 0 radical (unpaired) electrons. The van der Waals surface area contributed by atoms with Crippen molar-refractivity contribution < 1.29 is 9.18 Å². The smallest absolute Gasteiger partial charge is 0.227 e. The summed E-state index contributed by atoms with van der Waals surface area (Å²) in [6.07, 6.45) is 1.54. The summed E-state index contributed by atoms with van der Waals surface area (Å²) in [5.74, 6) is -0.577. The molecule has 0 saturated carbocycles. The third-order valence-corrected chi connectivity index (χ3v) is 4.81. The largest absolute Gasteiger partial charge is 0.323 e. The van der Waals surface area contributed by atoms with Gasteiger partial charge in [-0.1, -0.05) is 41.9 Å². The topological polar surface area (TPSA) is 32.3 Å². The Labute approximate surface area is 146 Å². The van der Waals surface area contributed by atoms with Crippen LogP contribution in [-0.2, 0) is 11.3 Å². The maximum absolute atomic E-state index is 13.6. The van der Waals surface area contributed by atoms with Crippen molar-refractivity contribution in [3.63, 3.8) is 0 Å². The van der Waals surface area contributed by atoms with Crippen LogP contribution in [0.3, 0.4) is 0 Å². The highest BCUT2D eigenvalue weighted by atomic mass is 35.5. The number of amides is 1. The van der Waals surface area contributed by atoms with Crippen LogP contribution in [0.4, 0.5) is 10.1 Å². The minimum absolute atomic E-state index is 0.0768. The van der Waals surface area contributed by atoms with Gasteiger partial charge in [-0.3, -0.25) is 9.69 Å². The number of hydrogen-bond acceptors (Lipinski definition) is 2. The van der Waals surface area contributed by atoms with Gasteiger partial charge in [0.2, 0.25) is 5.91 Å². The summed E-state index contributed by atoms with van der Waals surface area (Å²) in [4.78, 5) is 14.6. The Morgan fingerprint density at radius 2 is 1.79 bits per heavy atom. The van der Waals surface area contributed by atoms with E-state index in [0.717, 1.165) is 43.1 Å². The Morgan fingerprint density at radius 3 is 2.50 bits per heavy atom. The SMILES string of the molecule is O=C(Nc1ccccc1F)C1CCN(Cc2ccccc2Cl)CC1. The molecule has 2 aromatic carbocycles. The maximum atomic E-state index is 13.6. The van der Waals surface area contributed by atoms with Crippen molar-refractivity contribution in [3.05, 3.63) is 64.9 Å². The molecule has 1 fully saturated rings. The third kappa shape index (κ3) is 4.13. The van der Waals surface area contributed by atoms with Gasteiger partial charge in [-0.2, -0.15) is 0 Å². The van der Waals surface area contributed by atoms with Crippen LogP contribution < -0.4 is 5.32 Å². The molecule has 126 valence electrons. The molecule has 0 spiro atoms. The fourth-order valence-corrected chi connectivity index (χ4v) is 3.21. The summed E-state index contributed by atoms with van der Waals surface area (Å²) in [6, 6.07) is 14.1. The van der Waals surface area contributed by atoms with Crippen molar-refractivity contribution in [1.82, 2.24) is 4.90 Å². The highest BCUT2D eigenvalue weighted by Gasteiger charge is 2.25. The molecule has 3 nitrogen and oxygen atoms in total. The molecular weight excluding hydrogens is 327 g/mol. The van der Waals surface area contributed by atoms with E-state index in [9.17, 15) is 9.18 Å². The van der Waals surface area contributed by atoms with Crippen molar-refractivity contribution in [3.8, 4) is 0 Å². The number of nitrogens with one attached hydrogen (secondary N) is 1. The maximum Gasteiger partial charge on any atom is 0.227 e. The molecule has 1 amide bonds. The lowest BCUT2D eigenvalue weighted by Crippen LogP contribution is -2.37. The molecule has 1 aliphatic rings. The Balaban J connectivity index is 1.52. The zero-order valence-corrected chi connectivity index (χ0v) is 14.1. The summed E-state index contributed by atoms with van der Waals surface area (Å²) < 4.78 is 13.6. The summed E-state index contributed by atoms with van der Waals surface area (Å²) in [6.45, 7) is 2.46. The number of carbonyl (C=O) groups is 1. The van der Waals surface area contributed by atoms with E-state index in [0.29, 0.717) is 0 Å². The van der Waals surface area contributed by atoms with E-state index in [2.05, 4.69) is 10.2 Å². The number of halogens is 2. The molecule has 0 unspecified atom stereocenters. The molecule has 5 heteroatoms. The lowest BCUT2D eigenvalue weighted by molar-refractivity contribution is -0.121. The average Bonchev–Trinajstić information content (AvgIpc) is 2.59. The monoisotopic (exact) mass is 346 g/mol. The summed E-state index contributed by atoms with van der Waals surface area (Å²) in [5.41, 5.74) is 1.36. The predicted molar refractivity (Wildman–Crippen MR) is 94.5 cm³/mol. The molecule has 0 aliphatic carbocycles. The Hall–Kier alpha value is -1.91. The minimum Gasteiger partial charge on any atom is -0.323 e. The fraction of sp³-hybridized carbons (Fsp3) is 0.316. The van der Waals surface area contributed by atoms with Gasteiger partial charge < -0.3 is 5.32 Å². The minimum atomic E-state index is -0.401. The first-order valence-corrected chi connectivity index (χ1v) is 8.52. The highest BCUT2D eigenvalue weighted by molar-refractivity contribution is 6.31. The predicted octanol–water partition coefficient (Wildman–Crippen LogP) is 4.33. The van der Waals surface area contributed by atoms with Crippen molar-refractivity contribution in [1.29, 1.82) is 0 Å². The van der Waals surface area contributed by atoms with Crippen LogP contribution in [0.5, 0.6) is 0 Å². The Kier molecular flexibility index (Phi) is 5.48. The van der Waals surface area contributed by atoms with Gasteiger partial charge in [-0.05, 0) is 49.7 Å². The van der Waals surface area contributed by atoms with Crippen molar-refractivity contribution in [2.24, 2.45) is 5.92 Å². The van der Waals surface area contributed by atoms with Crippen LogP contribution in [0, 0.1) is 11.7 Å². The zero-order chi connectivity index (χ0) is 16.9. The normalized spacial score (nSPS) is 16.1. The van der Waals surface area contributed by atoms with Crippen molar-refractivity contribution >= 4 is 23.2 Å². The van der Waals surface area contributed by atoms with Crippen LogP contribution in [0.1, 0.15) is 18.4 Å². The number of piperidine rings is 1. The molecule has 1 N–H and O–H groups in total. The van der Waals surface area contributed by atoms with Gasteiger partial charge in [0.1, 0.15) is 5.82 Å². The third-order valence-electron chi connectivity index (χ3n) is 4.44. The van der Waals surface area contributed by atoms with Crippen LogP contribution in [0.25, 0.3) is 0 Å². The second-order valence-electron chi connectivity index (χ2n) is 6.11. The highest BCUT2D eigenvalue weighted by Crippen LogP contribution is 2.23. The fourth-order valence-electron chi connectivity index (χ4n) is 3.02. The van der Waals surface area contributed by atoms with E-state index in [1.54, 1.807) is 18.2 Å². The van der Waals surface area contributed by atoms with E-state index in [4.69, 9.17) is 11.6 Å². The van der Waals surface area contributed by atoms with Crippen molar-refractivity contribution in [2.45, 2.75) is 19.4 Å². The molecule has 2 aromatic rings. The molecule has 1 saturated heterocycles. The van der Waals surface area contributed by atoms with Crippen LogP contribution in [-0.4, -0.2) is 23.9 Å².